The van der Waals surface area contributed by atoms with E-state index >= 15 is 0 Å². The minimum Gasteiger partial charge on any atom is -0.133 e. The fraction of sp³-hybridized carbons (Fsp3) is 0.800. The molecule has 0 saturated carbocycles. The van der Waals surface area contributed by atoms with Gasteiger partial charge in [0.2, 0.25) is 0 Å². The summed E-state index contributed by atoms with van der Waals surface area (Å²) >= 11 is 3.70. The summed E-state index contributed by atoms with van der Waals surface area (Å²) in [6.07, 6.45) is 7.54. The maximum absolute atomic E-state index is 7.46. The van der Waals surface area contributed by atoms with Crippen LogP contribution in [0.5, 0.6) is 0 Å². The van der Waals surface area contributed by atoms with E-state index in [1.165, 1.54) is 9.81 Å². The topological polar surface area (TPSA) is 0 Å². The Morgan fingerprint density at radius 2 is 1.75 bits per heavy atom. The molecule has 0 spiro atoms. The van der Waals surface area contributed by atoms with Crippen LogP contribution in [-0.4, -0.2) is 12.5 Å². The van der Waals surface area contributed by atoms with Gasteiger partial charge in [-0.3, -0.25) is 0 Å². The van der Waals surface area contributed by atoms with E-state index in [1.807, 2.05) is 30.4 Å². The Balaban J connectivity index is 4.20. The van der Waals surface area contributed by atoms with Crippen LogP contribution in [0.25, 0.3) is 0 Å². The third-order valence-corrected chi connectivity index (χ3v) is 3.89. The molecule has 0 aromatic rings. The minimum absolute atomic E-state index is 0.0714. The molecule has 72 valence electrons. The molecule has 2 heteroatoms. The Kier molecular flexibility index (Phi) is 7.06. The van der Waals surface area contributed by atoms with Crippen molar-refractivity contribution in [1.29, 1.82) is 0 Å². The van der Waals surface area contributed by atoms with Gasteiger partial charge in [-0.15, -0.1) is 23.5 Å². The fourth-order valence-electron chi connectivity index (χ4n) is 1.09. The summed E-state index contributed by atoms with van der Waals surface area (Å²) in [5.41, 5.74) is 0. The van der Waals surface area contributed by atoms with Crippen molar-refractivity contribution in [3.05, 3.63) is 9.81 Å². The molecule has 0 aliphatic heterocycles. The molecule has 0 aromatic heterocycles. The SMILES string of the molecule is [3H]C(C)CC/C(SC)=C(\CC)SC. The summed E-state index contributed by atoms with van der Waals surface area (Å²) in [4.78, 5) is 2.97. The van der Waals surface area contributed by atoms with Crippen molar-refractivity contribution in [3.63, 3.8) is 0 Å². The lowest BCUT2D eigenvalue weighted by atomic mass is 10.2. The van der Waals surface area contributed by atoms with Crippen molar-refractivity contribution >= 4 is 23.5 Å². The van der Waals surface area contributed by atoms with E-state index in [-0.39, 0.29) is 6.40 Å². The van der Waals surface area contributed by atoms with Gasteiger partial charge in [0.1, 0.15) is 0 Å². The van der Waals surface area contributed by atoms with Gasteiger partial charge in [-0.05, 0) is 41.6 Å². The van der Waals surface area contributed by atoms with Gasteiger partial charge in [0.05, 0.1) is 0 Å². The fourth-order valence-corrected chi connectivity index (χ4v) is 2.90. The number of allylic oxidation sites excluding steroid dienone is 2. The van der Waals surface area contributed by atoms with Crippen LogP contribution in [0, 0.1) is 0 Å². The molecule has 1 atom stereocenters. The third kappa shape index (κ3) is 4.46. The lowest BCUT2D eigenvalue weighted by Gasteiger charge is -2.09. The highest BCUT2D eigenvalue weighted by Crippen LogP contribution is 2.30. The molecule has 12 heavy (non-hydrogen) atoms. The molecule has 0 rings (SSSR count). The average molecular weight is 206 g/mol. The van der Waals surface area contributed by atoms with Gasteiger partial charge in [-0.1, -0.05) is 20.2 Å². The highest BCUT2D eigenvalue weighted by atomic mass is 32.2. The molecule has 0 bridgehead atoms. The average Bonchev–Trinajstić information content (AvgIpc) is 2.11. The van der Waals surface area contributed by atoms with E-state index in [0.29, 0.717) is 0 Å². The van der Waals surface area contributed by atoms with Crippen molar-refractivity contribution in [2.24, 2.45) is 0 Å². The standard InChI is InChI=1S/C10H20S2/c1-5-7-8-10(12-4)9(6-2)11-3/h5-8H2,1-4H3/b10-9-/i5T. The smallest absolute Gasteiger partial charge is 0.0264 e. The van der Waals surface area contributed by atoms with Crippen LogP contribution in [0.2, 0.25) is 0 Å². The van der Waals surface area contributed by atoms with Crippen LogP contribution in [0.15, 0.2) is 9.81 Å². The van der Waals surface area contributed by atoms with Crippen LogP contribution in [0.3, 0.4) is 0 Å². The zero-order valence-corrected chi connectivity index (χ0v) is 10.1. The molecule has 0 fully saturated rings. The minimum atomic E-state index is 0.0714. The number of hydrogen-bond acceptors (Lipinski definition) is 2. The van der Waals surface area contributed by atoms with E-state index in [0.717, 1.165) is 19.3 Å². The highest BCUT2D eigenvalue weighted by molar-refractivity contribution is 8.06. The second kappa shape index (κ2) is 8.06. The van der Waals surface area contributed by atoms with Crippen molar-refractivity contribution in [1.82, 2.24) is 0 Å². The van der Waals surface area contributed by atoms with Crippen LogP contribution in [-0.2, 0) is 0 Å². The molecular weight excluding hydrogens is 184 g/mol. The summed E-state index contributed by atoms with van der Waals surface area (Å²) < 4.78 is 7.46. The molecular formula is C10H20S2. The largest absolute Gasteiger partial charge is 0.133 e. The number of thioether (sulfide) groups is 2. The molecule has 0 aromatic carbocycles. The first kappa shape index (κ1) is 10.5. The van der Waals surface area contributed by atoms with Gasteiger partial charge < -0.3 is 0 Å². The molecule has 0 aliphatic rings. The zero-order chi connectivity index (χ0) is 10.3. The highest BCUT2D eigenvalue weighted by Gasteiger charge is 2.02. The maximum Gasteiger partial charge on any atom is 0.0264 e. The first-order valence-corrected chi connectivity index (χ1v) is 6.82. The second-order valence-electron chi connectivity index (χ2n) is 2.56. The van der Waals surface area contributed by atoms with Crippen molar-refractivity contribution in [2.45, 2.75) is 39.5 Å². The predicted molar refractivity (Wildman–Crippen MR) is 63.9 cm³/mol. The number of hydrogen-bond donors (Lipinski definition) is 0. The van der Waals surface area contributed by atoms with Gasteiger partial charge in [0.15, 0.2) is 0 Å². The Hall–Kier alpha value is 0.440. The Morgan fingerprint density at radius 3 is 2.08 bits per heavy atom. The number of rotatable bonds is 6. The molecule has 0 saturated heterocycles. The Bertz CT molecular complexity index is 158. The molecule has 0 radical (unpaired) electrons. The predicted octanol–water partition coefficient (Wildman–Crippen LogP) is 4.52. The van der Waals surface area contributed by atoms with Crippen molar-refractivity contribution in [2.75, 3.05) is 12.5 Å². The van der Waals surface area contributed by atoms with E-state index in [1.54, 1.807) is 0 Å². The van der Waals surface area contributed by atoms with Gasteiger partial charge in [-0.25, -0.2) is 0 Å². The van der Waals surface area contributed by atoms with E-state index in [2.05, 4.69) is 19.4 Å². The first-order valence-electron chi connectivity index (χ1n) is 4.95. The van der Waals surface area contributed by atoms with Crippen molar-refractivity contribution < 1.29 is 1.37 Å². The third-order valence-electron chi connectivity index (χ3n) is 1.78. The van der Waals surface area contributed by atoms with Gasteiger partial charge in [0.25, 0.3) is 0 Å². The van der Waals surface area contributed by atoms with E-state index in [4.69, 9.17) is 1.37 Å². The van der Waals surface area contributed by atoms with Gasteiger partial charge in [-0.2, -0.15) is 0 Å². The van der Waals surface area contributed by atoms with Crippen LogP contribution in [0.4, 0.5) is 0 Å². The summed E-state index contributed by atoms with van der Waals surface area (Å²) in [5, 5.41) is 0. The summed E-state index contributed by atoms with van der Waals surface area (Å²) in [6.45, 7) is 4.16. The molecule has 1 unspecified atom stereocenters. The molecule has 0 amide bonds. The summed E-state index contributed by atoms with van der Waals surface area (Å²) in [6, 6.07) is 0. The van der Waals surface area contributed by atoms with Gasteiger partial charge in [0, 0.05) is 1.37 Å². The summed E-state index contributed by atoms with van der Waals surface area (Å²) in [5.74, 6) is 0. The molecule has 0 heterocycles. The second-order valence-corrected chi connectivity index (χ2v) is 4.36. The zero-order valence-electron chi connectivity index (χ0n) is 9.52. The normalized spacial score (nSPS) is 16.8. The quantitative estimate of drug-likeness (QED) is 0.626. The lowest BCUT2D eigenvalue weighted by molar-refractivity contribution is 0.805. The van der Waals surface area contributed by atoms with E-state index in [9.17, 15) is 0 Å². The van der Waals surface area contributed by atoms with Gasteiger partial charge >= 0.3 is 0 Å². The maximum atomic E-state index is 7.46. The Morgan fingerprint density at radius 1 is 1.17 bits per heavy atom. The van der Waals surface area contributed by atoms with Crippen LogP contribution in [0.1, 0.15) is 40.9 Å². The summed E-state index contributed by atoms with van der Waals surface area (Å²) in [7, 11) is 0. The molecule has 0 nitrogen and oxygen atoms in total. The molecule has 0 N–H and O–H groups in total. The van der Waals surface area contributed by atoms with Crippen LogP contribution >= 0.6 is 23.5 Å². The first-order chi connectivity index (χ1) is 6.15. The van der Waals surface area contributed by atoms with E-state index < -0.39 is 0 Å². The monoisotopic (exact) mass is 206 g/mol. The van der Waals surface area contributed by atoms with Crippen LogP contribution < -0.4 is 0 Å². The molecule has 0 aliphatic carbocycles. The van der Waals surface area contributed by atoms with Crippen molar-refractivity contribution in [3.8, 4) is 0 Å². The lowest BCUT2D eigenvalue weighted by Crippen LogP contribution is -1.84. The Labute approximate surface area is 87.0 Å².